The van der Waals surface area contributed by atoms with Gasteiger partial charge in [-0.3, -0.25) is 4.79 Å². The largest absolute Gasteiger partial charge is 0.356 e. The molecule has 140 valence electrons. The summed E-state index contributed by atoms with van der Waals surface area (Å²) in [4.78, 5) is 25.9. The van der Waals surface area contributed by atoms with Gasteiger partial charge in [-0.2, -0.15) is 0 Å². The molecule has 1 fully saturated rings. The molecule has 1 N–H and O–H groups in total. The normalized spacial score (nSPS) is 17.3. The van der Waals surface area contributed by atoms with Crippen LogP contribution in [0.1, 0.15) is 35.0 Å². The molecule has 3 heterocycles. The maximum atomic E-state index is 13.5. The molecular formula is C20H21FN4OS. The monoisotopic (exact) mass is 384 g/mol. The Kier molecular flexibility index (Phi) is 4.78. The Morgan fingerprint density at radius 3 is 3.00 bits per heavy atom. The Hall–Kier alpha value is -2.54. The van der Waals surface area contributed by atoms with Gasteiger partial charge in [0.15, 0.2) is 0 Å². The highest BCUT2D eigenvalue weighted by atomic mass is 32.1. The first kappa shape index (κ1) is 17.9. The molecule has 4 rings (SSSR count). The topological polar surface area (TPSA) is 58.1 Å². The number of aromatic nitrogens is 2. The number of amides is 1. The molecule has 2 aromatic heterocycles. The fraction of sp³-hybridized carbons (Fsp3) is 0.350. The molecule has 0 radical (unpaired) electrons. The zero-order chi connectivity index (χ0) is 19.0. The van der Waals surface area contributed by atoms with Gasteiger partial charge in [0, 0.05) is 23.7 Å². The number of benzene rings is 1. The van der Waals surface area contributed by atoms with Gasteiger partial charge in [0.05, 0.1) is 10.9 Å². The number of aryl methyl sites for hydroxylation is 1. The van der Waals surface area contributed by atoms with E-state index in [9.17, 15) is 9.18 Å². The van der Waals surface area contributed by atoms with Crippen molar-refractivity contribution in [3.8, 4) is 0 Å². The number of nitrogens with one attached hydrogen (secondary N) is 1. The number of hydrogen-bond acceptors (Lipinski definition) is 5. The van der Waals surface area contributed by atoms with E-state index in [0.717, 1.165) is 40.4 Å². The molecule has 0 saturated carbocycles. The summed E-state index contributed by atoms with van der Waals surface area (Å²) in [5.41, 5.74) is 1.01. The summed E-state index contributed by atoms with van der Waals surface area (Å²) < 4.78 is 13.5. The molecule has 3 aromatic rings. The first-order chi connectivity index (χ1) is 13.0. The van der Waals surface area contributed by atoms with E-state index < -0.39 is 0 Å². The smallest absolute Gasteiger partial charge is 0.257 e. The van der Waals surface area contributed by atoms with Gasteiger partial charge in [-0.1, -0.05) is 13.0 Å². The van der Waals surface area contributed by atoms with Gasteiger partial charge in [0.25, 0.3) is 5.91 Å². The minimum absolute atomic E-state index is 0.259. The first-order valence-electron chi connectivity index (χ1n) is 9.09. The number of nitrogens with zero attached hydrogens (tertiary/aromatic N) is 3. The molecule has 7 heteroatoms. The highest BCUT2D eigenvalue weighted by molar-refractivity contribution is 7.19. The van der Waals surface area contributed by atoms with Crippen LogP contribution in [0.15, 0.2) is 30.6 Å². The van der Waals surface area contributed by atoms with Gasteiger partial charge in [-0.15, -0.1) is 11.3 Å². The quantitative estimate of drug-likeness (QED) is 0.715. The SMILES string of the molecule is Cc1sc2ncnc(N3CCC[C@@H](C)C3)c2c1C(=O)Nc1cccc(F)c1. The van der Waals surface area contributed by atoms with Crippen molar-refractivity contribution in [3.63, 3.8) is 0 Å². The number of piperidine rings is 1. The summed E-state index contributed by atoms with van der Waals surface area (Å²) in [6, 6.07) is 5.91. The lowest BCUT2D eigenvalue weighted by atomic mass is 10.00. The Bertz CT molecular complexity index is 1000. The molecule has 0 spiro atoms. The van der Waals surface area contributed by atoms with E-state index in [4.69, 9.17) is 0 Å². The Morgan fingerprint density at radius 1 is 1.37 bits per heavy atom. The van der Waals surface area contributed by atoms with E-state index >= 15 is 0 Å². The number of thiophene rings is 1. The fourth-order valence-corrected chi connectivity index (χ4v) is 4.67. The number of carbonyl (C=O) groups is 1. The van der Waals surface area contributed by atoms with E-state index in [1.165, 1.54) is 29.9 Å². The minimum atomic E-state index is -0.383. The van der Waals surface area contributed by atoms with Crippen molar-refractivity contribution in [2.24, 2.45) is 5.92 Å². The van der Waals surface area contributed by atoms with Crippen LogP contribution in [0.5, 0.6) is 0 Å². The van der Waals surface area contributed by atoms with E-state index in [1.54, 1.807) is 18.5 Å². The van der Waals surface area contributed by atoms with Gasteiger partial charge in [0.2, 0.25) is 0 Å². The summed E-state index contributed by atoms with van der Waals surface area (Å²) in [7, 11) is 0. The van der Waals surface area contributed by atoms with Crippen LogP contribution >= 0.6 is 11.3 Å². The van der Waals surface area contributed by atoms with Crippen LogP contribution in [0.25, 0.3) is 10.2 Å². The molecule has 1 aromatic carbocycles. The van der Waals surface area contributed by atoms with Crippen molar-refractivity contribution in [1.29, 1.82) is 0 Å². The Balaban J connectivity index is 1.76. The van der Waals surface area contributed by atoms with Crippen LogP contribution in [-0.4, -0.2) is 29.0 Å². The fourth-order valence-electron chi connectivity index (χ4n) is 3.68. The van der Waals surface area contributed by atoms with Crippen LogP contribution in [0.2, 0.25) is 0 Å². The van der Waals surface area contributed by atoms with Crippen molar-refractivity contribution in [2.75, 3.05) is 23.3 Å². The van der Waals surface area contributed by atoms with E-state index in [1.807, 2.05) is 6.92 Å². The van der Waals surface area contributed by atoms with E-state index in [0.29, 0.717) is 17.2 Å². The van der Waals surface area contributed by atoms with Crippen molar-refractivity contribution >= 4 is 39.0 Å². The Labute approximate surface area is 161 Å². The summed E-state index contributed by atoms with van der Waals surface area (Å²) >= 11 is 1.49. The molecule has 0 bridgehead atoms. The Morgan fingerprint density at radius 2 is 2.22 bits per heavy atom. The first-order valence-corrected chi connectivity index (χ1v) is 9.90. The van der Waals surface area contributed by atoms with Crippen LogP contribution in [0.4, 0.5) is 15.9 Å². The molecule has 1 saturated heterocycles. The van der Waals surface area contributed by atoms with E-state index in [-0.39, 0.29) is 11.7 Å². The number of halogens is 1. The van der Waals surface area contributed by atoms with Crippen LogP contribution in [-0.2, 0) is 0 Å². The van der Waals surface area contributed by atoms with Crippen LogP contribution in [0, 0.1) is 18.7 Å². The third-order valence-corrected chi connectivity index (χ3v) is 5.92. The lowest BCUT2D eigenvalue weighted by molar-refractivity contribution is 0.102. The maximum absolute atomic E-state index is 13.5. The number of rotatable bonds is 3. The predicted molar refractivity (Wildman–Crippen MR) is 107 cm³/mol. The summed E-state index contributed by atoms with van der Waals surface area (Å²) in [6.07, 6.45) is 3.89. The standard InChI is InChI=1S/C20H21FN4OS/c1-12-5-4-8-25(10-12)18-17-16(13(2)27-20(17)23-11-22-18)19(26)24-15-7-3-6-14(21)9-15/h3,6-7,9,11-12H,4-5,8,10H2,1-2H3,(H,24,26)/t12-/m1/s1. The second-order valence-corrected chi connectivity index (χ2v) is 8.27. The van der Waals surface area contributed by atoms with Crippen molar-refractivity contribution in [3.05, 3.63) is 46.9 Å². The van der Waals surface area contributed by atoms with Crippen LogP contribution < -0.4 is 10.2 Å². The molecule has 0 unspecified atom stereocenters. The average Bonchev–Trinajstić information content (AvgIpc) is 2.97. The van der Waals surface area contributed by atoms with Crippen LogP contribution in [0.3, 0.4) is 0 Å². The summed E-state index contributed by atoms with van der Waals surface area (Å²) in [5, 5.41) is 3.61. The van der Waals surface area contributed by atoms with Crippen molar-refractivity contribution in [1.82, 2.24) is 9.97 Å². The third-order valence-electron chi connectivity index (χ3n) is 4.91. The van der Waals surface area contributed by atoms with Gasteiger partial charge in [0.1, 0.15) is 22.8 Å². The maximum Gasteiger partial charge on any atom is 0.257 e. The molecule has 0 aliphatic carbocycles. The van der Waals surface area contributed by atoms with E-state index in [2.05, 4.69) is 27.1 Å². The van der Waals surface area contributed by atoms with Crippen molar-refractivity contribution < 1.29 is 9.18 Å². The lowest BCUT2D eigenvalue weighted by Gasteiger charge is -2.32. The highest BCUT2D eigenvalue weighted by Gasteiger charge is 2.26. The number of fused-ring (bicyclic) bond motifs is 1. The van der Waals surface area contributed by atoms with Gasteiger partial charge >= 0.3 is 0 Å². The molecule has 5 nitrogen and oxygen atoms in total. The third kappa shape index (κ3) is 3.51. The van der Waals surface area contributed by atoms with Gasteiger partial charge in [-0.25, -0.2) is 14.4 Å². The molecule has 1 aliphatic heterocycles. The summed E-state index contributed by atoms with van der Waals surface area (Å²) in [6.45, 7) is 6.00. The molecule has 1 aliphatic rings. The molecular weight excluding hydrogens is 363 g/mol. The van der Waals surface area contributed by atoms with Crippen molar-refractivity contribution in [2.45, 2.75) is 26.7 Å². The average molecular weight is 384 g/mol. The molecule has 1 atom stereocenters. The number of carbonyl (C=O) groups excluding carboxylic acids is 1. The second-order valence-electron chi connectivity index (χ2n) is 7.07. The molecule has 27 heavy (non-hydrogen) atoms. The van der Waals surface area contributed by atoms with Gasteiger partial charge < -0.3 is 10.2 Å². The second kappa shape index (κ2) is 7.23. The number of hydrogen-bond donors (Lipinski definition) is 1. The lowest BCUT2D eigenvalue weighted by Crippen LogP contribution is -2.35. The summed E-state index contributed by atoms with van der Waals surface area (Å²) in [5.74, 6) is 0.768. The minimum Gasteiger partial charge on any atom is -0.356 e. The zero-order valence-electron chi connectivity index (χ0n) is 15.3. The molecule has 1 amide bonds. The van der Waals surface area contributed by atoms with Gasteiger partial charge in [-0.05, 0) is 43.9 Å². The zero-order valence-corrected chi connectivity index (χ0v) is 16.1. The highest BCUT2D eigenvalue weighted by Crippen LogP contribution is 2.36. The number of anilines is 2. The predicted octanol–water partition coefficient (Wildman–Crippen LogP) is 4.63.